The van der Waals surface area contributed by atoms with Crippen LogP contribution in [0.15, 0.2) is 53.9 Å². The van der Waals surface area contributed by atoms with Crippen LogP contribution in [0.2, 0.25) is 0 Å². The Morgan fingerprint density at radius 3 is 2.38 bits per heavy atom. The second-order valence-corrected chi connectivity index (χ2v) is 9.83. The molecule has 1 atom stereocenters. The molecule has 1 aromatic heterocycles. The van der Waals surface area contributed by atoms with Crippen molar-refractivity contribution in [2.24, 2.45) is 0 Å². The number of methoxy groups -OCH3 is 2. The number of thiophene rings is 1. The van der Waals surface area contributed by atoms with E-state index in [1.165, 1.54) is 16.0 Å². The van der Waals surface area contributed by atoms with Gasteiger partial charge in [0.25, 0.3) is 0 Å². The van der Waals surface area contributed by atoms with Gasteiger partial charge in [-0.2, -0.15) is 0 Å². The van der Waals surface area contributed by atoms with Crippen molar-refractivity contribution < 1.29 is 14.3 Å². The number of amides is 1. The van der Waals surface area contributed by atoms with Crippen molar-refractivity contribution >= 4 is 22.9 Å². The summed E-state index contributed by atoms with van der Waals surface area (Å²) in [5, 5.41) is 2.09. The molecule has 0 bridgehead atoms. The van der Waals surface area contributed by atoms with Gasteiger partial charge in [0, 0.05) is 44.8 Å². The maximum atomic E-state index is 13.3. The Bertz CT molecular complexity index is 1110. The Morgan fingerprint density at radius 1 is 1.06 bits per heavy atom. The highest BCUT2D eigenvalue weighted by atomic mass is 32.1. The topological polar surface area (TPSA) is 45.3 Å². The molecular formula is C27H33N3O3S. The molecule has 0 N–H and O–H groups in total. The van der Waals surface area contributed by atoms with Crippen molar-refractivity contribution in [3.63, 3.8) is 0 Å². The molecule has 2 heterocycles. The second kappa shape index (κ2) is 10.5. The minimum Gasteiger partial charge on any atom is -0.493 e. The van der Waals surface area contributed by atoms with Gasteiger partial charge in [-0.1, -0.05) is 18.2 Å². The van der Waals surface area contributed by atoms with Gasteiger partial charge in [-0.05, 0) is 58.8 Å². The second-order valence-electron chi connectivity index (χ2n) is 8.86. The molecule has 4 rings (SSSR count). The Hall–Kier alpha value is -3.03. The molecule has 1 amide bonds. The van der Waals surface area contributed by atoms with Crippen LogP contribution in [0.1, 0.15) is 27.6 Å². The highest BCUT2D eigenvalue weighted by Crippen LogP contribution is 2.42. The molecule has 0 saturated heterocycles. The number of benzene rings is 2. The summed E-state index contributed by atoms with van der Waals surface area (Å²) in [6, 6.07) is 16.7. The van der Waals surface area contributed by atoms with Crippen molar-refractivity contribution in [1.82, 2.24) is 9.80 Å². The zero-order valence-electron chi connectivity index (χ0n) is 20.6. The number of nitrogens with zero attached hydrogens (tertiary/aromatic N) is 3. The molecule has 3 aromatic rings. The van der Waals surface area contributed by atoms with E-state index in [0.717, 1.165) is 30.0 Å². The minimum atomic E-state index is 0.0141. The fourth-order valence-corrected chi connectivity index (χ4v) is 5.38. The third-order valence-electron chi connectivity index (χ3n) is 6.42. The maximum Gasteiger partial charge on any atom is 0.236 e. The third-order valence-corrected chi connectivity index (χ3v) is 7.35. The summed E-state index contributed by atoms with van der Waals surface area (Å²) in [4.78, 5) is 20.7. The van der Waals surface area contributed by atoms with Gasteiger partial charge in [0.05, 0.1) is 26.8 Å². The van der Waals surface area contributed by atoms with Crippen LogP contribution >= 0.6 is 11.3 Å². The van der Waals surface area contributed by atoms with Crippen LogP contribution in [0.4, 0.5) is 5.69 Å². The first-order valence-corrected chi connectivity index (χ1v) is 12.3. The van der Waals surface area contributed by atoms with Gasteiger partial charge in [-0.15, -0.1) is 11.3 Å². The number of ether oxygens (including phenoxy) is 2. The van der Waals surface area contributed by atoms with Crippen LogP contribution < -0.4 is 14.4 Å². The molecule has 2 aromatic carbocycles. The van der Waals surface area contributed by atoms with E-state index in [0.29, 0.717) is 18.8 Å². The molecule has 1 aliphatic heterocycles. The van der Waals surface area contributed by atoms with Crippen LogP contribution in [-0.4, -0.2) is 64.2 Å². The molecule has 0 spiro atoms. The summed E-state index contributed by atoms with van der Waals surface area (Å²) < 4.78 is 11.1. The summed E-state index contributed by atoms with van der Waals surface area (Å²) >= 11 is 1.72. The predicted molar refractivity (Wildman–Crippen MR) is 138 cm³/mol. The SMILES string of the molecule is COc1cc2c(cc1OC)C(c1cccs1)N(CC(=O)N(C)Cc1ccc(N(C)C)cc1)CC2. The van der Waals surface area contributed by atoms with Crippen molar-refractivity contribution in [3.8, 4) is 11.5 Å². The Kier molecular flexibility index (Phi) is 7.44. The summed E-state index contributed by atoms with van der Waals surface area (Å²) in [5.74, 6) is 1.58. The third kappa shape index (κ3) is 5.05. The largest absolute Gasteiger partial charge is 0.493 e. The van der Waals surface area contributed by atoms with Gasteiger partial charge in [0.1, 0.15) is 0 Å². The fourth-order valence-electron chi connectivity index (χ4n) is 4.50. The van der Waals surface area contributed by atoms with Crippen molar-refractivity contribution in [2.75, 3.05) is 53.4 Å². The van der Waals surface area contributed by atoms with E-state index < -0.39 is 0 Å². The van der Waals surface area contributed by atoms with Gasteiger partial charge >= 0.3 is 0 Å². The predicted octanol–water partition coefficient (Wildman–Crippen LogP) is 4.44. The molecule has 0 radical (unpaired) electrons. The smallest absolute Gasteiger partial charge is 0.236 e. The zero-order valence-corrected chi connectivity index (χ0v) is 21.4. The monoisotopic (exact) mass is 479 g/mol. The number of anilines is 1. The van der Waals surface area contributed by atoms with Gasteiger partial charge in [0.2, 0.25) is 5.91 Å². The van der Waals surface area contributed by atoms with Crippen LogP contribution in [0, 0.1) is 0 Å². The minimum absolute atomic E-state index is 0.0141. The summed E-state index contributed by atoms with van der Waals surface area (Å²) in [5.41, 5.74) is 4.70. The summed E-state index contributed by atoms with van der Waals surface area (Å²) in [6.07, 6.45) is 0.862. The van der Waals surface area contributed by atoms with Crippen LogP contribution in [-0.2, 0) is 17.8 Å². The zero-order chi connectivity index (χ0) is 24.2. The van der Waals surface area contributed by atoms with Gasteiger partial charge < -0.3 is 19.3 Å². The molecule has 34 heavy (non-hydrogen) atoms. The van der Waals surface area contributed by atoms with E-state index >= 15 is 0 Å². The number of rotatable bonds is 8. The van der Waals surface area contributed by atoms with Crippen LogP contribution in [0.3, 0.4) is 0 Å². The van der Waals surface area contributed by atoms with Gasteiger partial charge in [-0.25, -0.2) is 0 Å². The van der Waals surface area contributed by atoms with Crippen LogP contribution in [0.25, 0.3) is 0 Å². The quantitative estimate of drug-likeness (QED) is 0.478. The van der Waals surface area contributed by atoms with Crippen molar-refractivity contribution in [1.29, 1.82) is 0 Å². The lowest BCUT2D eigenvalue weighted by molar-refractivity contribution is -0.132. The van der Waals surface area contributed by atoms with Crippen LogP contribution in [0.5, 0.6) is 11.5 Å². The standard InChI is InChI=1S/C27H33N3O3S/c1-28(2)21-10-8-19(9-11-21)17-29(3)26(31)18-30-13-12-20-15-23(32-4)24(33-5)16-22(20)27(30)25-7-6-14-34-25/h6-11,14-16,27H,12-13,17-18H2,1-5H3. The molecular weight excluding hydrogens is 446 g/mol. The van der Waals surface area contributed by atoms with Crippen molar-refractivity contribution in [3.05, 3.63) is 75.5 Å². The number of fused-ring (bicyclic) bond motifs is 1. The lowest BCUT2D eigenvalue weighted by Gasteiger charge is -2.37. The van der Waals surface area contributed by atoms with Gasteiger partial charge in [0.15, 0.2) is 11.5 Å². The van der Waals surface area contributed by atoms with E-state index in [2.05, 4.69) is 63.7 Å². The Morgan fingerprint density at radius 2 is 1.76 bits per heavy atom. The van der Waals surface area contributed by atoms with Crippen molar-refractivity contribution in [2.45, 2.75) is 19.0 Å². The lowest BCUT2D eigenvalue weighted by Crippen LogP contribution is -2.43. The first-order valence-electron chi connectivity index (χ1n) is 11.4. The van der Waals surface area contributed by atoms with E-state index in [4.69, 9.17) is 9.47 Å². The molecule has 1 aliphatic rings. The molecule has 1 unspecified atom stereocenters. The molecule has 0 fully saturated rings. The molecule has 7 heteroatoms. The van der Waals surface area contributed by atoms with E-state index in [-0.39, 0.29) is 11.9 Å². The summed E-state index contributed by atoms with van der Waals surface area (Å²) in [7, 11) is 9.26. The Balaban J connectivity index is 1.54. The fraction of sp³-hybridized carbons (Fsp3) is 0.370. The van der Waals surface area contributed by atoms with E-state index in [1.54, 1.807) is 25.6 Å². The first-order chi connectivity index (χ1) is 16.4. The number of likely N-dealkylation sites (N-methyl/N-ethyl adjacent to an activating group) is 1. The lowest BCUT2D eigenvalue weighted by atomic mass is 9.91. The molecule has 180 valence electrons. The van der Waals surface area contributed by atoms with E-state index in [1.807, 2.05) is 26.0 Å². The average molecular weight is 480 g/mol. The summed E-state index contributed by atoms with van der Waals surface area (Å²) in [6.45, 7) is 1.76. The average Bonchev–Trinajstić information content (AvgIpc) is 3.37. The first kappa shape index (κ1) is 24.1. The molecule has 0 aliphatic carbocycles. The Labute approximate surface area is 206 Å². The van der Waals surface area contributed by atoms with Gasteiger partial charge in [-0.3, -0.25) is 9.69 Å². The highest BCUT2D eigenvalue weighted by molar-refractivity contribution is 7.10. The normalized spacial score (nSPS) is 15.5. The molecule has 6 nitrogen and oxygen atoms in total. The number of hydrogen-bond acceptors (Lipinski definition) is 6. The molecule has 0 saturated carbocycles. The highest BCUT2D eigenvalue weighted by Gasteiger charge is 2.32. The number of carbonyl (C=O) groups is 1. The number of hydrogen-bond donors (Lipinski definition) is 0. The maximum absolute atomic E-state index is 13.3. The van der Waals surface area contributed by atoms with E-state index in [9.17, 15) is 4.79 Å². The number of carbonyl (C=O) groups excluding carboxylic acids is 1.